The van der Waals surface area contributed by atoms with Crippen LogP contribution < -0.4 is 5.32 Å². The molecule has 0 saturated carbocycles. The van der Waals surface area contributed by atoms with Crippen LogP contribution in [0.2, 0.25) is 0 Å². The van der Waals surface area contributed by atoms with E-state index in [-0.39, 0.29) is 5.82 Å². The molecule has 0 spiro atoms. The largest absolute Gasteiger partial charge is 0.419 e. The van der Waals surface area contributed by atoms with Crippen molar-refractivity contribution in [1.29, 1.82) is 0 Å². The lowest BCUT2D eigenvalue weighted by Crippen LogP contribution is -2.35. The SMILES string of the molecule is CCC(C)(CCCl)Nc1ncccc1C(F)(F)F. The number of hydrogen-bond acceptors (Lipinski definition) is 2. The Labute approximate surface area is 110 Å². The van der Waals surface area contributed by atoms with Gasteiger partial charge in [-0.1, -0.05) is 6.92 Å². The second-order valence-electron chi connectivity index (χ2n) is 4.38. The first-order valence-electron chi connectivity index (χ1n) is 5.69. The highest BCUT2D eigenvalue weighted by Gasteiger charge is 2.35. The summed E-state index contributed by atoms with van der Waals surface area (Å²) in [6, 6.07) is 2.30. The van der Waals surface area contributed by atoms with Gasteiger partial charge in [0.15, 0.2) is 0 Å². The molecule has 1 aromatic rings. The molecule has 1 atom stereocenters. The minimum Gasteiger partial charge on any atom is -0.364 e. The fraction of sp³-hybridized carbons (Fsp3) is 0.583. The van der Waals surface area contributed by atoms with Crippen molar-refractivity contribution in [3.63, 3.8) is 0 Å². The van der Waals surface area contributed by atoms with E-state index in [1.54, 1.807) is 0 Å². The Balaban J connectivity index is 3.04. The summed E-state index contributed by atoms with van der Waals surface area (Å²) in [6.45, 7) is 3.74. The summed E-state index contributed by atoms with van der Waals surface area (Å²) in [5.41, 5.74) is -1.24. The molecule has 0 bridgehead atoms. The summed E-state index contributed by atoms with van der Waals surface area (Å²) in [4.78, 5) is 3.79. The highest BCUT2D eigenvalue weighted by molar-refractivity contribution is 6.17. The first kappa shape index (κ1) is 15.1. The van der Waals surface area contributed by atoms with Crippen molar-refractivity contribution in [3.05, 3.63) is 23.9 Å². The van der Waals surface area contributed by atoms with Gasteiger partial charge in [0.05, 0.1) is 5.56 Å². The van der Waals surface area contributed by atoms with E-state index in [0.29, 0.717) is 18.7 Å². The molecule has 0 aliphatic carbocycles. The monoisotopic (exact) mass is 280 g/mol. The van der Waals surface area contributed by atoms with Crippen molar-refractivity contribution in [1.82, 2.24) is 4.98 Å². The summed E-state index contributed by atoms with van der Waals surface area (Å²) in [7, 11) is 0. The number of halogens is 4. The van der Waals surface area contributed by atoms with Crippen LogP contribution in [-0.2, 0) is 6.18 Å². The van der Waals surface area contributed by atoms with Crippen LogP contribution in [0.25, 0.3) is 0 Å². The maximum Gasteiger partial charge on any atom is 0.419 e. The molecule has 0 radical (unpaired) electrons. The standard InChI is InChI=1S/C12H16ClF3N2/c1-3-11(2,6-7-13)18-10-9(12(14,15)16)5-4-8-17-10/h4-5,8H,3,6-7H2,1-2H3,(H,17,18). The number of nitrogens with one attached hydrogen (secondary N) is 1. The van der Waals surface area contributed by atoms with Crippen LogP contribution >= 0.6 is 11.6 Å². The molecule has 102 valence electrons. The Morgan fingerprint density at radius 3 is 2.56 bits per heavy atom. The summed E-state index contributed by atoms with van der Waals surface area (Å²) in [5.74, 6) is 0.241. The number of rotatable bonds is 5. The lowest BCUT2D eigenvalue weighted by Gasteiger charge is -2.30. The fourth-order valence-corrected chi connectivity index (χ4v) is 1.97. The molecule has 0 aliphatic heterocycles. The van der Waals surface area contributed by atoms with Crippen molar-refractivity contribution < 1.29 is 13.2 Å². The van der Waals surface area contributed by atoms with Crippen LogP contribution in [0.3, 0.4) is 0 Å². The van der Waals surface area contributed by atoms with Gasteiger partial charge in [0.1, 0.15) is 5.82 Å². The third kappa shape index (κ3) is 3.77. The minimum absolute atomic E-state index is 0.139. The van der Waals surface area contributed by atoms with E-state index in [1.807, 2.05) is 13.8 Å². The Kier molecular flexibility index (Phi) is 4.85. The summed E-state index contributed by atoms with van der Waals surface area (Å²) >= 11 is 5.68. The predicted molar refractivity (Wildman–Crippen MR) is 66.9 cm³/mol. The first-order valence-corrected chi connectivity index (χ1v) is 6.22. The third-order valence-electron chi connectivity index (χ3n) is 2.96. The van der Waals surface area contributed by atoms with Gasteiger partial charge in [0, 0.05) is 17.6 Å². The molecule has 6 heteroatoms. The van der Waals surface area contributed by atoms with Gasteiger partial charge < -0.3 is 5.32 Å². The molecular formula is C12H16ClF3N2. The van der Waals surface area contributed by atoms with Crippen LogP contribution in [-0.4, -0.2) is 16.4 Å². The van der Waals surface area contributed by atoms with Crippen LogP contribution in [0.1, 0.15) is 32.3 Å². The van der Waals surface area contributed by atoms with E-state index in [4.69, 9.17) is 11.6 Å². The first-order chi connectivity index (χ1) is 8.32. The molecule has 0 amide bonds. The molecule has 0 aliphatic rings. The quantitative estimate of drug-likeness (QED) is 0.813. The zero-order chi connectivity index (χ0) is 13.8. The summed E-state index contributed by atoms with van der Waals surface area (Å²) < 4.78 is 38.4. The second kappa shape index (κ2) is 5.78. The zero-order valence-corrected chi connectivity index (χ0v) is 11.1. The maximum atomic E-state index is 12.8. The average Bonchev–Trinajstić information content (AvgIpc) is 2.28. The van der Waals surface area contributed by atoms with Gasteiger partial charge in [-0.15, -0.1) is 11.6 Å². The number of aromatic nitrogens is 1. The highest BCUT2D eigenvalue weighted by atomic mass is 35.5. The zero-order valence-electron chi connectivity index (χ0n) is 10.3. The van der Waals surface area contributed by atoms with Crippen molar-refractivity contribution in [2.45, 2.75) is 38.4 Å². The minimum atomic E-state index is -4.41. The van der Waals surface area contributed by atoms with Crippen molar-refractivity contribution in [2.75, 3.05) is 11.2 Å². The molecule has 1 heterocycles. The Hall–Kier alpha value is -0.970. The Bertz CT molecular complexity index is 395. The van der Waals surface area contributed by atoms with Gasteiger partial charge in [-0.3, -0.25) is 0 Å². The van der Waals surface area contributed by atoms with Crippen LogP contribution in [0.5, 0.6) is 0 Å². The van der Waals surface area contributed by atoms with Gasteiger partial charge in [0.2, 0.25) is 0 Å². The van der Waals surface area contributed by atoms with E-state index in [0.717, 1.165) is 6.07 Å². The number of pyridine rings is 1. The molecule has 1 unspecified atom stereocenters. The number of anilines is 1. The van der Waals surface area contributed by atoms with Crippen molar-refractivity contribution in [2.24, 2.45) is 0 Å². The van der Waals surface area contributed by atoms with Gasteiger partial charge in [-0.25, -0.2) is 4.98 Å². The molecule has 0 aromatic carbocycles. The lowest BCUT2D eigenvalue weighted by atomic mass is 9.95. The predicted octanol–water partition coefficient (Wildman–Crippen LogP) is 4.31. The molecule has 18 heavy (non-hydrogen) atoms. The normalized spacial score (nSPS) is 15.2. The smallest absolute Gasteiger partial charge is 0.364 e. The highest BCUT2D eigenvalue weighted by Crippen LogP contribution is 2.35. The maximum absolute atomic E-state index is 12.8. The van der Waals surface area contributed by atoms with Crippen molar-refractivity contribution >= 4 is 17.4 Å². The summed E-state index contributed by atoms with van der Waals surface area (Å²) in [5, 5.41) is 2.87. The molecule has 1 N–H and O–H groups in total. The Morgan fingerprint density at radius 1 is 1.39 bits per heavy atom. The van der Waals surface area contributed by atoms with Crippen LogP contribution in [0.4, 0.5) is 19.0 Å². The van der Waals surface area contributed by atoms with Crippen LogP contribution in [0.15, 0.2) is 18.3 Å². The molecule has 2 nitrogen and oxygen atoms in total. The average molecular weight is 281 g/mol. The third-order valence-corrected chi connectivity index (χ3v) is 3.15. The van der Waals surface area contributed by atoms with E-state index >= 15 is 0 Å². The van der Waals surface area contributed by atoms with E-state index in [1.165, 1.54) is 12.3 Å². The van der Waals surface area contributed by atoms with E-state index in [2.05, 4.69) is 10.3 Å². The van der Waals surface area contributed by atoms with E-state index < -0.39 is 17.3 Å². The fourth-order valence-electron chi connectivity index (χ4n) is 1.56. The molecule has 0 fully saturated rings. The lowest BCUT2D eigenvalue weighted by molar-refractivity contribution is -0.137. The molecule has 1 aromatic heterocycles. The van der Waals surface area contributed by atoms with Gasteiger partial charge in [-0.05, 0) is 31.9 Å². The topological polar surface area (TPSA) is 24.9 Å². The number of alkyl halides is 4. The molecule has 0 saturated heterocycles. The second-order valence-corrected chi connectivity index (χ2v) is 4.75. The molecular weight excluding hydrogens is 265 g/mol. The number of nitrogens with zero attached hydrogens (tertiary/aromatic N) is 1. The van der Waals surface area contributed by atoms with Crippen LogP contribution in [0, 0.1) is 0 Å². The van der Waals surface area contributed by atoms with Crippen molar-refractivity contribution in [3.8, 4) is 0 Å². The van der Waals surface area contributed by atoms with Gasteiger partial charge in [-0.2, -0.15) is 13.2 Å². The molecule has 1 rings (SSSR count). The van der Waals surface area contributed by atoms with E-state index in [9.17, 15) is 13.2 Å². The van der Waals surface area contributed by atoms with Gasteiger partial charge >= 0.3 is 6.18 Å². The Morgan fingerprint density at radius 2 is 2.06 bits per heavy atom. The summed E-state index contributed by atoms with van der Waals surface area (Å²) in [6.07, 6.45) is -1.84. The number of hydrogen-bond donors (Lipinski definition) is 1. The van der Waals surface area contributed by atoms with Gasteiger partial charge in [0.25, 0.3) is 0 Å².